The number of carbonyl (C=O) groups is 2. The van der Waals surface area contributed by atoms with Crippen molar-refractivity contribution >= 4 is 23.2 Å². The lowest BCUT2D eigenvalue weighted by Gasteiger charge is -2.24. The molecule has 0 aliphatic heterocycles. The Morgan fingerprint density at radius 1 is 1.00 bits per heavy atom. The molecule has 0 aliphatic carbocycles. The third kappa shape index (κ3) is 2.86. The number of benzene rings is 2. The number of hydrogen-bond acceptors (Lipinski definition) is 3. The lowest BCUT2D eigenvalue weighted by molar-refractivity contribution is -0.135. The van der Waals surface area contributed by atoms with Gasteiger partial charge < -0.3 is 10.5 Å². The summed E-state index contributed by atoms with van der Waals surface area (Å²) in [6, 6.07) is 14.2. The lowest BCUT2D eigenvalue weighted by Crippen LogP contribution is -2.37. The van der Waals surface area contributed by atoms with Gasteiger partial charge in [0.2, 0.25) is 0 Å². The number of nitrogens with two attached hydrogens (primary N) is 1. The molecule has 0 heterocycles. The molecule has 2 aromatic rings. The fourth-order valence-electron chi connectivity index (χ4n) is 2.09. The minimum atomic E-state index is -1.02. The third-order valence-electron chi connectivity index (χ3n) is 3.10. The summed E-state index contributed by atoms with van der Waals surface area (Å²) in [6.07, 6.45) is 0. The molecule has 2 rings (SSSR count). The van der Waals surface area contributed by atoms with Gasteiger partial charge in [0.05, 0.1) is 18.5 Å². The Morgan fingerprint density at radius 2 is 1.57 bits per heavy atom. The van der Waals surface area contributed by atoms with Crippen LogP contribution >= 0.6 is 0 Å². The van der Waals surface area contributed by atoms with Crippen LogP contribution in [-0.2, 0) is 9.59 Å². The molecule has 0 spiro atoms. The molecule has 0 aliphatic rings. The molecule has 0 aromatic heterocycles. The molecule has 5 nitrogen and oxygen atoms in total. The largest absolute Gasteiger partial charge is 0.495 e. The van der Waals surface area contributed by atoms with Gasteiger partial charge in [0, 0.05) is 0 Å². The van der Waals surface area contributed by atoms with Gasteiger partial charge in [0.15, 0.2) is 0 Å². The van der Waals surface area contributed by atoms with E-state index in [-0.39, 0.29) is 0 Å². The number of hydrogen-bond donors (Lipinski definition) is 1. The Morgan fingerprint density at radius 3 is 2.14 bits per heavy atom. The Labute approximate surface area is 122 Å². The summed E-state index contributed by atoms with van der Waals surface area (Å²) in [5.41, 5.74) is 7.09. The zero-order chi connectivity index (χ0) is 15.4. The molecule has 0 saturated heterocycles. The molecule has 21 heavy (non-hydrogen) atoms. The van der Waals surface area contributed by atoms with E-state index in [9.17, 15) is 9.59 Å². The topological polar surface area (TPSA) is 72.6 Å². The van der Waals surface area contributed by atoms with Crippen LogP contribution in [0.5, 0.6) is 5.75 Å². The van der Waals surface area contributed by atoms with Crippen molar-refractivity contribution < 1.29 is 14.3 Å². The number of nitrogens with zero attached hydrogens (tertiary/aromatic N) is 1. The quantitative estimate of drug-likeness (QED) is 0.878. The fourth-order valence-corrected chi connectivity index (χ4v) is 2.09. The van der Waals surface area contributed by atoms with Gasteiger partial charge in [-0.2, -0.15) is 0 Å². The number of primary amides is 1. The van der Waals surface area contributed by atoms with Crippen molar-refractivity contribution in [3.8, 4) is 5.75 Å². The lowest BCUT2D eigenvalue weighted by atomic mass is 10.1. The Hall–Kier alpha value is -2.82. The van der Waals surface area contributed by atoms with E-state index in [1.807, 2.05) is 19.1 Å². The molecule has 0 fully saturated rings. The monoisotopic (exact) mass is 284 g/mol. The summed E-state index contributed by atoms with van der Waals surface area (Å²) in [6.45, 7) is 1.85. The van der Waals surface area contributed by atoms with Crippen molar-refractivity contribution in [3.63, 3.8) is 0 Å². The number of aryl methyl sites for hydroxylation is 1. The van der Waals surface area contributed by atoms with Crippen LogP contribution < -0.4 is 15.4 Å². The standard InChI is InChI=1S/C16H16N2O3/c1-11-7-3-4-8-12(11)18(16(20)15(17)19)13-9-5-6-10-14(13)21-2/h3-10H,1-2H3,(H2,17,19). The third-order valence-corrected chi connectivity index (χ3v) is 3.10. The zero-order valence-electron chi connectivity index (χ0n) is 11.9. The van der Waals surface area contributed by atoms with Gasteiger partial charge in [0.1, 0.15) is 5.75 Å². The maximum absolute atomic E-state index is 12.3. The van der Waals surface area contributed by atoms with E-state index in [0.717, 1.165) is 5.56 Å². The first-order valence-electron chi connectivity index (χ1n) is 6.38. The fraction of sp³-hybridized carbons (Fsp3) is 0.125. The molecule has 0 unspecified atom stereocenters. The van der Waals surface area contributed by atoms with Crippen LogP contribution in [0.2, 0.25) is 0 Å². The Kier molecular flexibility index (Phi) is 4.23. The molecule has 0 bridgehead atoms. The molecule has 2 aromatic carbocycles. The highest BCUT2D eigenvalue weighted by atomic mass is 16.5. The second kappa shape index (κ2) is 6.09. The number of anilines is 2. The van der Waals surface area contributed by atoms with E-state index in [4.69, 9.17) is 10.5 Å². The molecule has 0 radical (unpaired) electrons. The maximum Gasteiger partial charge on any atom is 0.320 e. The number of amides is 2. The molecule has 108 valence electrons. The van der Waals surface area contributed by atoms with Crippen LogP contribution in [0.1, 0.15) is 5.56 Å². The van der Waals surface area contributed by atoms with E-state index in [1.54, 1.807) is 36.4 Å². The van der Waals surface area contributed by atoms with Crippen molar-refractivity contribution in [3.05, 3.63) is 54.1 Å². The highest BCUT2D eigenvalue weighted by Gasteiger charge is 2.26. The van der Waals surface area contributed by atoms with E-state index in [1.165, 1.54) is 12.0 Å². The molecular weight excluding hydrogens is 268 g/mol. The van der Waals surface area contributed by atoms with Crippen LogP contribution in [0.3, 0.4) is 0 Å². The van der Waals surface area contributed by atoms with Gasteiger partial charge in [0.25, 0.3) is 0 Å². The number of para-hydroxylation sites is 3. The Bertz CT molecular complexity index is 683. The SMILES string of the molecule is COc1ccccc1N(C(=O)C(N)=O)c1ccccc1C. The summed E-state index contributed by atoms with van der Waals surface area (Å²) < 4.78 is 5.27. The van der Waals surface area contributed by atoms with E-state index in [2.05, 4.69) is 0 Å². The van der Waals surface area contributed by atoms with E-state index < -0.39 is 11.8 Å². The number of carbonyl (C=O) groups excluding carboxylic acids is 2. The van der Waals surface area contributed by atoms with Crippen LogP contribution in [-0.4, -0.2) is 18.9 Å². The van der Waals surface area contributed by atoms with E-state index in [0.29, 0.717) is 17.1 Å². The number of methoxy groups -OCH3 is 1. The molecule has 2 N–H and O–H groups in total. The average molecular weight is 284 g/mol. The van der Waals surface area contributed by atoms with Crippen LogP contribution in [0.15, 0.2) is 48.5 Å². The van der Waals surface area contributed by atoms with E-state index >= 15 is 0 Å². The van der Waals surface area contributed by atoms with Gasteiger partial charge in [-0.15, -0.1) is 0 Å². The van der Waals surface area contributed by atoms with Crippen molar-refractivity contribution in [2.75, 3.05) is 12.0 Å². The number of ether oxygens (including phenoxy) is 1. The number of rotatable bonds is 3. The molecule has 0 atom stereocenters. The molecular formula is C16H16N2O3. The van der Waals surface area contributed by atoms with Gasteiger partial charge in [-0.25, -0.2) is 0 Å². The van der Waals surface area contributed by atoms with Gasteiger partial charge in [-0.3, -0.25) is 14.5 Å². The summed E-state index contributed by atoms with van der Waals surface area (Å²) in [7, 11) is 1.50. The second-order valence-electron chi connectivity index (χ2n) is 4.46. The average Bonchev–Trinajstić information content (AvgIpc) is 2.49. The Balaban J connectivity index is 2.65. The summed E-state index contributed by atoms with van der Waals surface area (Å²) >= 11 is 0. The van der Waals surface area contributed by atoms with Crippen molar-refractivity contribution in [1.82, 2.24) is 0 Å². The molecule has 5 heteroatoms. The van der Waals surface area contributed by atoms with Gasteiger partial charge in [-0.1, -0.05) is 30.3 Å². The highest BCUT2D eigenvalue weighted by Crippen LogP contribution is 2.35. The van der Waals surface area contributed by atoms with Crippen molar-refractivity contribution in [1.29, 1.82) is 0 Å². The summed E-state index contributed by atoms with van der Waals surface area (Å²) in [5, 5.41) is 0. The predicted molar refractivity (Wildman–Crippen MR) is 80.5 cm³/mol. The summed E-state index contributed by atoms with van der Waals surface area (Å²) in [4.78, 5) is 24.9. The van der Waals surface area contributed by atoms with Crippen molar-refractivity contribution in [2.45, 2.75) is 6.92 Å². The van der Waals surface area contributed by atoms with Crippen LogP contribution in [0.25, 0.3) is 0 Å². The van der Waals surface area contributed by atoms with Crippen molar-refractivity contribution in [2.24, 2.45) is 5.73 Å². The van der Waals surface area contributed by atoms with Crippen LogP contribution in [0.4, 0.5) is 11.4 Å². The predicted octanol–water partition coefficient (Wildman–Crippen LogP) is 2.15. The summed E-state index contributed by atoms with van der Waals surface area (Å²) in [5.74, 6) is -1.35. The molecule has 0 saturated carbocycles. The smallest absolute Gasteiger partial charge is 0.320 e. The van der Waals surface area contributed by atoms with Gasteiger partial charge in [-0.05, 0) is 30.7 Å². The highest BCUT2D eigenvalue weighted by molar-refractivity contribution is 6.41. The van der Waals surface area contributed by atoms with Gasteiger partial charge >= 0.3 is 11.8 Å². The first-order chi connectivity index (χ1) is 10.1. The zero-order valence-corrected chi connectivity index (χ0v) is 11.9. The normalized spacial score (nSPS) is 10.0. The first kappa shape index (κ1) is 14.6. The minimum Gasteiger partial charge on any atom is -0.495 e. The second-order valence-corrected chi connectivity index (χ2v) is 4.46. The molecule has 2 amide bonds. The first-order valence-corrected chi connectivity index (χ1v) is 6.38. The van der Waals surface area contributed by atoms with Crippen LogP contribution in [0, 0.1) is 6.92 Å². The minimum absolute atomic E-state index is 0.470. The maximum atomic E-state index is 12.3.